The van der Waals surface area contributed by atoms with Gasteiger partial charge in [0.25, 0.3) is 0 Å². The smallest absolute Gasteiger partial charge is 0.147 e. The van der Waals surface area contributed by atoms with Crippen LogP contribution < -0.4 is 0 Å². The molecular formula is C18H18N2O. The summed E-state index contributed by atoms with van der Waals surface area (Å²) in [4.78, 5) is 18.3. The van der Waals surface area contributed by atoms with Crippen LogP contribution in [-0.4, -0.2) is 23.6 Å². The van der Waals surface area contributed by atoms with Crippen molar-refractivity contribution in [3.63, 3.8) is 0 Å². The predicted molar refractivity (Wildman–Crippen MR) is 84.9 cm³/mol. The maximum Gasteiger partial charge on any atom is 0.147 e. The van der Waals surface area contributed by atoms with Gasteiger partial charge in [0.2, 0.25) is 0 Å². The molecule has 0 bridgehead atoms. The molecule has 1 aliphatic heterocycles. The minimum atomic E-state index is -0.234. The molecule has 0 spiro atoms. The minimum absolute atomic E-state index is 0.234. The summed E-state index contributed by atoms with van der Waals surface area (Å²) >= 11 is 0. The molecule has 1 atom stereocenters. The molecule has 0 aliphatic carbocycles. The number of hydrogen-bond donors (Lipinski definition) is 0. The van der Waals surface area contributed by atoms with Crippen LogP contribution in [0, 0.1) is 0 Å². The van der Waals surface area contributed by atoms with E-state index in [0.717, 1.165) is 36.3 Å². The largest absolute Gasteiger partial charge is 0.346 e. The van der Waals surface area contributed by atoms with Gasteiger partial charge in [-0.15, -0.1) is 0 Å². The summed E-state index contributed by atoms with van der Waals surface area (Å²) in [6.07, 6.45) is 1.92. The third-order valence-electron chi connectivity index (χ3n) is 3.90. The molecule has 0 N–H and O–H groups in total. The van der Waals surface area contributed by atoms with Crippen molar-refractivity contribution in [1.82, 2.24) is 4.90 Å². The lowest BCUT2D eigenvalue weighted by Gasteiger charge is -2.34. The zero-order valence-corrected chi connectivity index (χ0v) is 12.1. The number of fused-ring (bicyclic) bond motifs is 1. The highest BCUT2D eigenvalue weighted by molar-refractivity contribution is 5.89. The van der Waals surface area contributed by atoms with Gasteiger partial charge in [-0.25, -0.2) is 4.99 Å². The van der Waals surface area contributed by atoms with E-state index in [4.69, 9.17) is 0 Å². The molecule has 0 saturated carbocycles. The van der Waals surface area contributed by atoms with Crippen molar-refractivity contribution in [2.45, 2.75) is 19.4 Å². The van der Waals surface area contributed by atoms with Gasteiger partial charge in [0.1, 0.15) is 18.2 Å². The predicted octanol–water partition coefficient (Wildman–Crippen LogP) is 3.53. The first-order valence-electron chi connectivity index (χ1n) is 7.19. The SMILES string of the molecule is CC1=Nc2ccccc2C(C=O)N1CCc1ccccc1. The van der Waals surface area contributed by atoms with Crippen LogP contribution in [0.25, 0.3) is 0 Å². The van der Waals surface area contributed by atoms with Crippen LogP contribution in [-0.2, 0) is 11.2 Å². The number of rotatable bonds is 4. The monoisotopic (exact) mass is 278 g/mol. The Kier molecular flexibility index (Phi) is 3.82. The van der Waals surface area contributed by atoms with Gasteiger partial charge in [-0.05, 0) is 25.0 Å². The van der Waals surface area contributed by atoms with E-state index < -0.39 is 0 Å². The van der Waals surface area contributed by atoms with E-state index in [-0.39, 0.29) is 6.04 Å². The number of para-hydroxylation sites is 1. The van der Waals surface area contributed by atoms with Crippen molar-refractivity contribution >= 4 is 17.8 Å². The topological polar surface area (TPSA) is 32.7 Å². The molecule has 21 heavy (non-hydrogen) atoms. The van der Waals surface area contributed by atoms with E-state index >= 15 is 0 Å². The summed E-state index contributed by atoms with van der Waals surface area (Å²) in [5.74, 6) is 0.904. The maximum atomic E-state index is 11.6. The van der Waals surface area contributed by atoms with Gasteiger partial charge in [-0.3, -0.25) is 0 Å². The molecule has 0 radical (unpaired) electrons. The highest BCUT2D eigenvalue weighted by Crippen LogP contribution is 2.33. The molecule has 0 saturated heterocycles. The minimum Gasteiger partial charge on any atom is -0.346 e. The number of carbonyl (C=O) groups is 1. The van der Waals surface area contributed by atoms with Crippen molar-refractivity contribution in [3.05, 3.63) is 65.7 Å². The normalized spacial score (nSPS) is 17.1. The Morgan fingerprint density at radius 2 is 1.81 bits per heavy atom. The van der Waals surface area contributed by atoms with Crippen molar-refractivity contribution in [2.24, 2.45) is 4.99 Å². The fraction of sp³-hybridized carbons (Fsp3) is 0.222. The van der Waals surface area contributed by atoms with E-state index in [2.05, 4.69) is 22.0 Å². The summed E-state index contributed by atoms with van der Waals surface area (Å²) in [7, 11) is 0. The lowest BCUT2D eigenvalue weighted by atomic mass is 10.0. The third-order valence-corrected chi connectivity index (χ3v) is 3.90. The molecule has 0 fully saturated rings. The lowest BCUT2D eigenvalue weighted by molar-refractivity contribution is -0.111. The molecule has 1 aliphatic rings. The summed E-state index contributed by atoms with van der Waals surface area (Å²) < 4.78 is 0. The Morgan fingerprint density at radius 3 is 2.57 bits per heavy atom. The van der Waals surface area contributed by atoms with Gasteiger partial charge in [0, 0.05) is 12.1 Å². The molecule has 3 heteroatoms. The summed E-state index contributed by atoms with van der Waals surface area (Å²) in [6, 6.07) is 17.9. The molecule has 0 aromatic heterocycles. The summed E-state index contributed by atoms with van der Waals surface area (Å²) in [5, 5.41) is 0. The summed E-state index contributed by atoms with van der Waals surface area (Å²) in [5.41, 5.74) is 3.17. The Hall–Kier alpha value is -2.42. The number of benzene rings is 2. The first-order valence-corrected chi connectivity index (χ1v) is 7.19. The lowest BCUT2D eigenvalue weighted by Crippen LogP contribution is -2.37. The van der Waals surface area contributed by atoms with E-state index in [1.54, 1.807) is 0 Å². The maximum absolute atomic E-state index is 11.6. The molecular weight excluding hydrogens is 260 g/mol. The number of nitrogens with zero attached hydrogens (tertiary/aromatic N) is 2. The van der Waals surface area contributed by atoms with Gasteiger partial charge in [-0.2, -0.15) is 0 Å². The van der Waals surface area contributed by atoms with E-state index in [1.807, 2.05) is 49.4 Å². The van der Waals surface area contributed by atoms with Gasteiger partial charge >= 0.3 is 0 Å². The van der Waals surface area contributed by atoms with Gasteiger partial charge < -0.3 is 9.69 Å². The van der Waals surface area contributed by atoms with Gasteiger partial charge in [-0.1, -0.05) is 48.5 Å². The molecule has 1 heterocycles. The zero-order valence-electron chi connectivity index (χ0n) is 12.1. The standard InChI is InChI=1S/C18H18N2O/c1-14-19-17-10-6-5-9-16(17)18(13-21)20(14)12-11-15-7-3-2-4-8-15/h2-10,13,18H,11-12H2,1H3. The van der Waals surface area contributed by atoms with Crippen molar-refractivity contribution in [2.75, 3.05) is 6.54 Å². The van der Waals surface area contributed by atoms with Crippen molar-refractivity contribution in [1.29, 1.82) is 0 Å². The van der Waals surface area contributed by atoms with Crippen molar-refractivity contribution < 1.29 is 4.79 Å². The number of carbonyl (C=O) groups excluding carboxylic acids is 1. The van der Waals surface area contributed by atoms with Crippen molar-refractivity contribution in [3.8, 4) is 0 Å². The van der Waals surface area contributed by atoms with Gasteiger partial charge in [0.15, 0.2) is 0 Å². The van der Waals surface area contributed by atoms with Crippen LogP contribution in [0.2, 0.25) is 0 Å². The highest BCUT2D eigenvalue weighted by Gasteiger charge is 2.26. The van der Waals surface area contributed by atoms with Gasteiger partial charge in [0.05, 0.1) is 5.69 Å². The number of aldehydes is 1. The van der Waals surface area contributed by atoms with E-state index in [0.29, 0.717) is 0 Å². The third kappa shape index (κ3) is 2.72. The van der Waals surface area contributed by atoms with Crippen LogP contribution >= 0.6 is 0 Å². The van der Waals surface area contributed by atoms with Crippen LogP contribution in [0.1, 0.15) is 24.1 Å². The fourth-order valence-electron chi connectivity index (χ4n) is 2.79. The Labute approximate surface area is 124 Å². The second kappa shape index (κ2) is 5.92. The number of hydrogen-bond acceptors (Lipinski definition) is 3. The molecule has 106 valence electrons. The first-order chi connectivity index (χ1) is 10.3. The number of aliphatic imine (C=N–C) groups is 1. The molecule has 3 nitrogen and oxygen atoms in total. The Morgan fingerprint density at radius 1 is 1.10 bits per heavy atom. The van der Waals surface area contributed by atoms with E-state index in [9.17, 15) is 4.79 Å². The molecule has 2 aromatic carbocycles. The van der Waals surface area contributed by atoms with E-state index in [1.165, 1.54) is 5.56 Å². The van der Waals surface area contributed by atoms with Crippen LogP contribution in [0.3, 0.4) is 0 Å². The van der Waals surface area contributed by atoms with Crippen LogP contribution in [0.5, 0.6) is 0 Å². The molecule has 2 aromatic rings. The molecule has 0 amide bonds. The number of amidine groups is 1. The van der Waals surface area contributed by atoms with Crippen LogP contribution in [0.15, 0.2) is 59.6 Å². The quantitative estimate of drug-likeness (QED) is 0.801. The molecule has 1 unspecified atom stereocenters. The summed E-state index contributed by atoms with van der Waals surface area (Å²) in [6.45, 7) is 2.76. The van der Waals surface area contributed by atoms with Crippen LogP contribution in [0.4, 0.5) is 5.69 Å². The first kappa shape index (κ1) is 13.6. The Bertz CT molecular complexity index is 664. The fourth-order valence-corrected chi connectivity index (χ4v) is 2.79. The Balaban J connectivity index is 1.84. The second-order valence-electron chi connectivity index (χ2n) is 5.23. The average molecular weight is 278 g/mol. The average Bonchev–Trinajstić information content (AvgIpc) is 2.53. The highest BCUT2D eigenvalue weighted by atomic mass is 16.1. The zero-order chi connectivity index (χ0) is 14.7. The second-order valence-corrected chi connectivity index (χ2v) is 5.23. The molecule has 3 rings (SSSR count).